The molecule has 0 spiro atoms. The Balaban J connectivity index is 1.70. The summed E-state index contributed by atoms with van der Waals surface area (Å²) >= 11 is 0. The number of morpholine rings is 1. The molecule has 0 radical (unpaired) electrons. The normalized spacial score (nSPS) is 14.2. The van der Waals surface area contributed by atoms with Crippen LogP contribution in [0.25, 0.3) is 0 Å². The van der Waals surface area contributed by atoms with E-state index in [2.05, 4.69) is 5.32 Å². The quantitative estimate of drug-likeness (QED) is 0.916. The van der Waals surface area contributed by atoms with Crippen LogP contribution in [0.3, 0.4) is 0 Å². The van der Waals surface area contributed by atoms with Gasteiger partial charge in [0.05, 0.1) is 19.6 Å². The van der Waals surface area contributed by atoms with Gasteiger partial charge in [-0.2, -0.15) is 0 Å². The van der Waals surface area contributed by atoms with Gasteiger partial charge in [-0.1, -0.05) is 18.2 Å². The Bertz CT molecular complexity index is 816. The van der Waals surface area contributed by atoms with E-state index in [0.29, 0.717) is 43.1 Å². The number of amides is 2. The fourth-order valence-corrected chi connectivity index (χ4v) is 2.90. The van der Waals surface area contributed by atoms with Crippen LogP contribution in [-0.2, 0) is 16.0 Å². The first kappa shape index (κ1) is 18.1. The molecule has 5 nitrogen and oxygen atoms in total. The van der Waals surface area contributed by atoms with Crippen molar-refractivity contribution in [2.24, 2.45) is 0 Å². The first-order valence-corrected chi connectivity index (χ1v) is 8.55. The predicted octanol–water partition coefficient (Wildman–Crippen LogP) is 2.79. The van der Waals surface area contributed by atoms with Gasteiger partial charge >= 0.3 is 0 Å². The molecule has 0 saturated carbocycles. The van der Waals surface area contributed by atoms with Gasteiger partial charge in [0.25, 0.3) is 5.91 Å². The molecule has 1 aliphatic heterocycles. The second-order valence-corrected chi connectivity index (χ2v) is 6.29. The van der Waals surface area contributed by atoms with Crippen LogP contribution >= 0.6 is 0 Å². The summed E-state index contributed by atoms with van der Waals surface area (Å²) in [4.78, 5) is 26.7. The minimum absolute atomic E-state index is 0.0629. The summed E-state index contributed by atoms with van der Waals surface area (Å²) in [6, 6.07) is 11.2. The average molecular weight is 356 g/mol. The molecule has 1 fully saturated rings. The van der Waals surface area contributed by atoms with Gasteiger partial charge in [-0.3, -0.25) is 9.59 Å². The Hall–Kier alpha value is -2.73. The van der Waals surface area contributed by atoms with E-state index < -0.39 is 0 Å². The Labute approximate surface area is 151 Å². The van der Waals surface area contributed by atoms with Gasteiger partial charge in [-0.15, -0.1) is 0 Å². The molecule has 136 valence electrons. The number of ether oxygens (including phenoxy) is 1. The van der Waals surface area contributed by atoms with Crippen molar-refractivity contribution in [3.8, 4) is 0 Å². The van der Waals surface area contributed by atoms with Crippen LogP contribution in [0, 0.1) is 12.7 Å². The number of hydrogen-bond donors (Lipinski definition) is 1. The van der Waals surface area contributed by atoms with Crippen LogP contribution in [0.5, 0.6) is 0 Å². The third-order valence-corrected chi connectivity index (χ3v) is 4.30. The Morgan fingerprint density at radius 2 is 1.92 bits per heavy atom. The SMILES string of the molecule is Cc1ccc(NC(=O)Cc2cccc(F)c2)cc1C(=O)N1CCOCC1. The van der Waals surface area contributed by atoms with E-state index in [-0.39, 0.29) is 24.1 Å². The largest absolute Gasteiger partial charge is 0.378 e. The summed E-state index contributed by atoms with van der Waals surface area (Å²) in [6.07, 6.45) is 0.0678. The number of hydrogen-bond acceptors (Lipinski definition) is 3. The highest BCUT2D eigenvalue weighted by molar-refractivity contribution is 5.98. The van der Waals surface area contributed by atoms with Crippen molar-refractivity contribution in [1.82, 2.24) is 4.90 Å². The fraction of sp³-hybridized carbons (Fsp3) is 0.300. The molecule has 0 aromatic heterocycles. The number of halogens is 1. The molecule has 0 aliphatic carbocycles. The van der Waals surface area contributed by atoms with Gasteiger partial charge in [0, 0.05) is 24.3 Å². The average Bonchev–Trinajstić information content (AvgIpc) is 2.63. The number of nitrogens with zero attached hydrogens (tertiary/aromatic N) is 1. The standard InChI is InChI=1S/C20H21FN2O3/c1-14-5-6-17(13-18(14)20(25)23-7-9-26-10-8-23)22-19(24)12-15-3-2-4-16(21)11-15/h2-6,11,13H,7-10,12H2,1H3,(H,22,24). The number of carbonyl (C=O) groups is 2. The van der Waals surface area contributed by atoms with Crippen molar-refractivity contribution in [2.45, 2.75) is 13.3 Å². The van der Waals surface area contributed by atoms with Crippen LogP contribution in [-0.4, -0.2) is 43.0 Å². The smallest absolute Gasteiger partial charge is 0.254 e. The molecule has 2 aromatic carbocycles. The Morgan fingerprint density at radius 1 is 1.15 bits per heavy atom. The van der Waals surface area contributed by atoms with E-state index >= 15 is 0 Å². The highest BCUT2D eigenvalue weighted by Gasteiger charge is 2.20. The summed E-state index contributed by atoms with van der Waals surface area (Å²) in [5, 5.41) is 2.78. The lowest BCUT2D eigenvalue weighted by Gasteiger charge is -2.27. The van der Waals surface area contributed by atoms with Crippen LogP contribution in [0.4, 0.5) is 10.1 Å². The fourth-order valence-electron chi connectivity index (χ4n) is 2.90. The van der Waals surface area contributed by atoms with Crippen molar-refractivity contribution in [1.29, 1.82) is 0 Å². The van der Waals surface area contributed by atoms with E-state index in [9.17, 15) is 14.0 Å². The van der Waals surface area contributed by atoms with Crippen LogP contribution < -0.4 is 5.32 Å². The van der Waals surface area contributed by atoms with Crippen LogP contribution in [0.2, 0.25) is 0 Å². The number of carbonyl (C=O) groups excluding carboxylic acids is 2. The zero-order chi connectivity index (χ0) is 18.5. The summed E-state index contributed by atoms with van der Waals surface area (Å²) in [5.41, 5.74) is 2.56. The van der Waals surface area contributed by atoms with Crippen molar-refractivity contribution in [3.05, 3.63) is 65.0 Å². The van der Waals surface area contributed by atoms with E-state index in [1.165, 1.54) is 12.1 Å². The van der Waals surface area contributed by atoms with Crippen molar-refractivity contribution in [2.75, 3.05) is 31.6 Å². The van der Waals surface area contributed by atoms with Crippen molar-refractivity contribution >= 4 is 17.5 Å². The maximum Gasteiger partial charge on any atom is 0.254 e. The molecule has 0 atom stereocenters. The summed E-state index contributed by atoms with van der Waals surface area (Å²) in [6.45, 7) is 4.07. The van der Waals surface area contributed by atoms with Crippen molar-refractivity contribution < 1.29 is 18.7 Å². The molecular formula is C20H21FN2O3. The highest BCUT2D eigenvalue weighted by atomic mass is 19.1. The van der Waals surface area contributed by atoms with Crippen molar-refractivity contribution in [3.63, 3.8) is 0 Å². The number of aryl methyl sites for hydroxylation is 1. The van der Waals surface area contributed by atoms with Crippen LogP contribution in [0.15, 0.2) is 42.5 Å². The Morgan fingerprint density at radius 3 is 2.65 bits per heavy atom. The first-order valence-electron chi connectivity index (χ1n) is 8.55. The molecule has 0 bridgehead atoms. The van der Waals surface area contributed by atoms with Gasteiger partial charge in [0.2, 0.25) is 5.91 Å². The lowest BCUT2D eigenvalue weighted by Crippen LogP contribution is -2.41. The molecule has 2 aromatic rings. The highest BCUT2D eigenvalue weighted by Crippen LogP contribution is 2.18. The second kappa shape index (κ2) is 8.10. The maximum atomic E-state index is 13.2. The van der Waals surface area contributed by atoms with Gasteiger partial charge in [0.15, 0.2) is 0 Å². The molecular weight excluding hydrogens is 335 g/mol. The molecule has 1 N–H and O–H groups in total. The summed E-state index contributed by atoms with van der Waals surface area (Å²) < 4.78 is 18.5. The van der Waals surface area contributed by atoms with E-state index in [1.54, 1.807) is 29.2 Å². The molecule has 1 heterocycles. The zero-order valence-corrected chi connectivity index (χ0v) is 14.6. The third-order valence-electron chi connectivity index (χ3n) is 4.30. The number of rotatable bonds is 4. The monoisotopic (exact) mass is 356 g/mol. The Kier molecular flexibility index (Phi) is 5.63. The molecule has 2 amide bonds. The topological polar surface area (TPSA) is 58.6 Å². The predicted molar refractivity (Wildman–Crippen MR) is 96.6 cm³/mol. The molecule has 3 rings (SSSR count). The van der Waals surface area contributed by atoms with E-state index in [1.807, 2.05) is 13.0 Å². The molecule has 1 aliphatic rings. The summed E-state index contributed by atoms with van der Waals surface area (Å²) in [5.74, 6) is -0.694. The minimum Gasteiger partial charge on any atom is -0.378 e. The van der Waals surface area contributed by atoms with Gasteiger partial charge in [0.1, 0.15) is 5.82 Å². The lowest BCUT2D eigenvalue weighted by molar-refractivity contribution is -0.115. The van der Waals surface area contributed by atoms with E-state index in [4.69, 9.17) is 4.74 Å². The van der Waals surface area contributed by atoms with E-state index in [0.717, 1.165) is 5.56 Å². The second-order valence-electron chi connectivity index (χ2n) is 6.29. The number of nitrogens with one attached hydrogen (secondary N) is 1. The third kappa shape index (κ3) is 4.46. The molecule has 6 heteroatoms. The number of anilines is 1. The molecule has 1 saturated heterocycles. The number of benzene rings is 2. The summed E-state index contributed by atoms with van der Waals surface area (Å²) in [7, 11) is 0. The van der Waals surface area contributed by atoms with Crippen LogP contribution in [0.1, 0.15) is 21.5 Å². The lowest BCUT2D eigenvalue weighted by atomic mass is 10.1. The minimum atomic E-state index is -0.371. The first-order chi connectivity index (χ1) is 12.5. The van der Waals surface area contributed by atoms with Gasteiger partial charge in [-0.25, -0.2) is 4.39 Å². The maximum absolute atomic E-state index is 13.2. The van der Waals surface area contributed by atoms with Gasteiger partial charge in [-0.05, 0) is 42.3 Å². The molecule has 0 unspecified atom stereocenters. The zero-order valence-electron chi connectivity index (χ0n) is 14.6. The van der Waals surface area contributed by atoms with Gasteiger partial charge < -0.3 is 15.0 Å². The molecule has 26 heavy (non-hydrogen) atoms.